The molecule has 3 rings (SSSR count). The minimum Gasteiger partial charge on any atom is -0.391 e. The molecule has 0 aliphatic heterocycles. The van der Waals surface area contributed by atoms with Gasteiger partial charge in [-0.2, -0.15) is 0 Å². The van der Waals surface area contributed by atoms with Gasteiger partial charge in [-0.05, 0) is 67.6 Å². The fourth-order valence-corrected chi connectivity index (χ4v) is 3.32. The summed E-state index contributed by atoms with van der Waals surface area (Å²) in [7, 11) is 0. The summed E-state index contributed by atoms with van der Waals surface area (Å²) in [6, 6.07) is 4.38. The van der Waals surface area contributed by atoms with E-state index in [1.54, 1.807) is 6.20 Å². The van der Waals surface area contributed by atoms with Gasteiger partial charge in [0.1, 0.15) is 11.5 Å². The number of amidine groups is 1. The molecule has 5 nitrogen and oxygen atoms in total. The molecule has 0 fully saturated rings. The van der Waals surface area contributed by atoms with Gasteiger partial charge < -0.3 is 15.6 Å². The number of fused-ring (bicyclic) bond motifs is 1. The van der Waals surface area contributed by atoms with Crippen LogP contribution in [0.1, 0.15) is 37.7 Å². The Hall–Kier alpha value is -2.82. The maximum absolute atomic E-state index is 7.54. The molecular weight excluding hydrogens is 322 g/mol. The van der Waals surface area contributed by atoms with E-state index in [9.17, 15) is 0 Å². The van der Waals surface area contributed by atoms with E-state index in [4.69, 9.17) is 16.1 Å². The predicted molar refractivity (Wildman–Crippen MR) is 109 cm³/mol. The molecule has 0 unspecified atom stereocenters. The van der Waals surface area contributed by atoms with Gasteiger partial charge in [0.15, 0.2) is 0 Å². The van der Waals surface area contributed by atoms with Crippen molar-refractivity contribution >= 4 is 22.6 Å². The van der Waals surface area contributed by atoms with Crippen molar-refractivity contribution in [2.45, 2.75) is 38.5 Å². The molecule has 2 aromatic heterocycles. The number of allylic oxidation sites excluding steroid dienone is 3. The van der Waals surface area contributed by atoms with Gasteiger partial charge in [0.05, 0.1) is 0 Å². The second kappa shape index (κ2) is 8.52. The highest BCUT2D eigenvalue weighted by atomic mass is 15.0. The van der Waals surface area contributed by atoms with Crippen LogP contribution in [0.3, 0.4) is 0 Å². The molecule has 0 aromatic carbocycles. The monoisotopic (exact) mass is 349 g/mol. The van der Waals surface area contributed by atoms with E-state index in [0.717, 1.165) is 37.0 Å². The molecule has 0 saturated heterocycles. The third-order valence-corrected chi connectivity index (χ3v) is 4.80. The molecule has 4 N–H and O–H groups in total. The van der Waals surface area contributed by atoms with Crippen LogP contribution in [0.5, 0.6) is 0 Å². The van der Waals surface area contributed by atoms with Crippen LogP contribution in [-0.2, 0) is 6.42 Å². The highest BCUT2D eigenvalue weighted by Gasteiger charge is 2.12. The van der Waals surface area contributed by atoms with E-state index >= 15 is 0 Å². The average Bonchev–Trinajstić information content (AvgIpc) is 3.08. The van der Waals surface area contributed by atoms with Crippen LogP contribution in [0.25, 0.3) is 16.7 Å². The van der Waals surface area contributed by atoms with E-state index in [1.807, 2.05) is 18.3 Å². The third-order valence-electron chi connectivity index (χ3n) is 4.80. The number of nitrogens with one attached hydrogen (secondary N) is 2. The van der Waals surface area contributed by atoms with Crippen molar-refractivity contribution in [3.63, 3.8) is 0 Å². The Morgan fingerprint density at radius 1 is 1.31 bits per heavy atom. The van der Waals surface area contributed by atoms with Gasteiger partial charge in [0, 0.05) is 30.0 Å². The summed E-state index contributed by atoms with van der Waals surface area (Å²) in [6.45, 7) is 4.66. The third kappa shape index (κ3) is 4.23. The lowest BCUT2D eigenvalue weighted by Crippen LogP contribution is -2.15. The molecule has 2 aromatic rings. The van der Waals surface area contributed by atoms with Gasteiger partial charge in [0.25, 0.3) is 0 Å². The lowest BCUT2D eigenvalue weighted by atomic mass is 10.0. The number of hydrogen-bond donors (Lipinski definition) is 3. The fraction of sp³-hybridized carbons (Fsp3) is 0.333. The molecule has 0 atom stereocenters. The standard InChI is InChI=1S/C21H27N5/c1-2-24-12-5-3-4-6-16-14-18-11-13-26(21(18)25-15-16)19-9-7-17(8-10-19)20(22)23/h2,7,9,11,13-15,24H,1,3-6,8,10,12H2,(H3,22,23). The molecule has 0 saturated carbocycles. The minimum atomic E-state index is 0.167. The average molecular weight is 349 g/mol. The first-order chi connectivity index (χ1) is 12.7. The number of rotatable bonds is 9. The van der Waals surface area contributed by atoms with Crippen LogP contribution >= 0.6 is 0 Å². The van der Waals surface area contributed by atoms with Crippen LogP contribution in [-0.4, -0.2) is 21.9 Å². The summed E-state index contributed by atoms with van der Waals surface area (Å²) in [5, 5.41) is 11.9. The van der Waals surface area contributed by atoms with E-state index in [1.165, 1.54) is 35.9 Å². The van der Waals surface area contributed by atoms with Gasteiger partial charge >= 0.3 is 0 Å². The Morgan fingerprint density at radius 3 is 2.92 bits per heavy atom. The van der Waals surface area contributed by atoms with Gasteiger partial charge in [-0.15, -0.1) is 0 Å². The molecule has 2 heterocycles. The molecule has 1 aliphatic carbocycles. The Morgan fingerprint density at radius 2 is 2.19 bits per heavy atom. The van der Waals surface area contributed by atoms with Gasteiger partial charge in [-0.25, -0.2) is 4.98 Å². The van der Waals surface area contributed by atoms with E-state index in [0.29, 0.717) is 0 Å². The number of nitrogens with two attached hydrogens (primary N) is 1. The van der Waals surface area contributed by atoms with Gasteiger partial charge in [-0.3, -0.25) is 5.41 Å². The number of pyridine rings is 1. The Kier molecular flexibility index (Phi) is 5.89. The smallest absolute Gasteiger partial charge is 0.144 e. The summed E-state index contributed by atoms with van der Waals surface area (Å²) in [5.41, 5.74) is 9.96. The van der Waals surface area contributed by atoms with E-state index in [-0.39, 0.29) is 5.84 Å². The summed E-state index contributed by atoms with van der Waals surface area (Å²) in [4.78, 5) is 4.71. The van der Waals surface area contributed by atoms with Gasteiger partial charge in [-0.1, -0.05) is 19.1 Å². The molecular formula is C21H27N5. The van der Waals surface area contributed by atoms with Crippen molar-refractivity contribution in [2.24, 2.45) is 5.73 Å². The maximum atomic E-state index is 7.54. The highest BCUT2D eigenvalue weighted by Crippen LogP contribution is 2.26. The molecule has 1 aliphatic rings. The second-order valence-electron chi connectivity index (χ2n) is 6.67. The van der Waals surface area contributed by atoms with Crippen LogP contribution < -0.4 is 11.1 Å². The predicted octanol–water partition coefficient (Wildman–Crippen LogP) is 3.98. The summed E-state index contributed by atoms with van der Waals surface area (Å²) in [5.74, 6) is 0.167. The first-order valence-corrected chi connectivity index (χ1v) is 9.24. The van der Waals surface area contributed by atoms with Crippen molar-refractivity contribution < 1.29 is 0 Å². The molecule has 136 valence electrons. The first-order valence-electron chi connectivity index (χ1n) is 9.24. The van der Waals surface area contributed by atoms with E-state index < -0.39 is 0 Å². The number of unbranched alkanes of at least 4 members (excludes halogenated alkanes) is 2. The molecule has 0 amide bonds. The quantitative estimate of drug-likeness (QED) is 0.364. The maximum Gasteiger partial charge on any atom is 0.144 e. The molecule has 5 heteroatoms. The van der Waals surface area contributed by atoms with E-state index in [2.05, 4.69) is 34.8 Å². The van der Waals surface area contributed by atoms with Crippen molar-refractivity contribution in [1.29, 1.82) is 5.41 Å². The Bertz CT molecular complexity index is 856. The largest absolute Gasteiger partial charge is 0.391 e. The first kappa shape index (κ1) is 18.0. The van der Waals surface area contributed by atoms with Crippen LogP contribution in [0.4, 0.5) is 0 Å². The van der Waals surface area contributed by atoms with Crippen LogP contribution in [0, 0.1) is 5.41 Å². The highest BCUT2D eigenvalue weighted by molar-refractivity contribution is 5.95. The molecule has 26 heavy (non-hydrogen) atoms. The minimum absolute atomic E-state index is 0.167. The normalized spacial score (nSPS) is 14.0. The Labute approximate surface area is 154 Å². The molecule has 0 radical (unpaired) electrons. The van der Waals surface area contributed by atoms with Gasteiger partial charge in [0.2, 0.25) is 0 Å². The van der Waals surface area contributed by atoms with Crippen molar-refractivity contribution in [3.8, 4) is 0 Å². The topological polar surface area (TPSA) is 79.7 Å². The molecule has 0 spiro atoms. The van der Waals surface area contributed by atoms with Crippen LogP contribution in [0.15, 0.2) is 55.0 Å². The Balaban J connectivity index is 1.66. The SMILES string of the molecule is C=CNCCCCCc1cnc2c(ccn2C2=CC=C(C(=N)N)CC2)c1. The fourth-order valence-electron chi connectivity index (χ4n) is 3.32. The van der Waals surface area contributed by atoms with Crippen molar-refractivity contribution in [1.82, 2.24) is 14.9 Å². The number of nitrogens with zero attached hydrogens (tertiary/aromatic N) is 2. The number of hydrogen-bond acceptors (Lipinski definition) is 3. The summed E-state index contributed by atoms with van der Waals surface area (Å²) >= 11 is 0. The van der Waals surface area contributed by atoms with Crippen molar-refractivity contribution in [3.05, 3.63) is 60.6 Å². The zero-order valence-electron chi connectivity index (χ0n) is 15.2. The van der Waals surface area contributed by atoms with Crippen molar-refractivity contribution in [2.75, 3.05) is 6.54 Å². The lowest BCUT2D eigenvalue weighted by Gasteiger charge is -2.15. The number of aromatic nitrogens is 2. The summed E-state index contributed by atoms with van der Waals surface area (Å²) < 4.78 is 2.15. The summed E-state index contributed by atoms with van der Waals surface area (Å²) in [6.07, 6.45) is 16.1. The zero-order chi connectivity index (χ0) is 18.4. The zero-order valence-corrected chi connectivity index (χ0v) is 15.2. The lowest BCUT2D eigenvalue weighted by molar-refractivity contribution is 0.654. The second-order valence-corrected chi connectivity index (χ2v) is 6.67. The number of aryl methyl sites for hydroxylation is 1. The van der Waals surface area contributed by atoms with Crippen LogP contribution in [0.2, 0.25) is 0 Å². The molecule has 0 bridgehead atoms.